The van der Waals surface area contributed by atoms with Crippen LogP contribution in [-0.4, -0.2) is 24.1 Å². The Morgan fingerprint density at radius 2 is 2.30 bits per heavy atom. The lowest BCUT2D eigenvalue weighted by molar-refractivity contribution is -0.127. The van der Waals surface area contributed by atoms with Crippen molar-refractivity contribution >= 4 is 11.6 Å². The summed E-state index contributed by atoms with van der Waals surface area (Å²) in [5.74, 6) is 0.184. The van der Waals surface area contributed by atoms with Gasteiger partial charge in [0.1, 0.15) is 5.75 Å². The number of carbonyl (C=O) groups is 1. The Labute approximate surface area is 120 Å². The van der Waals surface area contributed by atoms with Gasteiger partial charge in [0.15, 0.2) is 0 Å². The predicted octanol–water partition coefficient (Wildman–Crippen LogP) is 2.81. The van der Waals surface area contributed by atoms with E-state index in [1.54, 1.807) is 6.07 Å². The average molecular weight is 276 g/mol. The van der Waals surface area contributed by atoms with Crippen LogP contribution in [0.4, 0.5) is 5.69 Å². The number of benzene rings is 1. The molecule has 110 valence electrons. The molecule has 3 N–H and O–H groups in total. The SMILES string of the molecule is CCCC1(C(=O)Nc2cccc(C)c2O)CCCNC1. The van der Waals surface area contributed by atoms with Gasteiger partial charge in [0.05, 0.1) is 11.1 Å². The zero-order valence-corrected chi connectivity index (χ0v) is 12.3. The molecule has 1 amide bonds. The molecule has 1 saturated heterocycles. The highest BCUT2D eigenvalue weighted by atomic mass is 16.3. The second-order valence-corrected chi connectivity index (χ2v) is 5.74. The van der Waals surface area contributed by atoms with Crippen LogP contribution < -0.4 is 10.6 Å². The summed E-state index contributed by atoms with van der Waals surface area (Å²) in [7, 11) is 0. The van der Waals surface area contributed by atoms with Crippen LogP contribution in [0, 0.1) is 12.3 Å². The third kappa shape index (κ3) is 2.96. The Morgan fingerprint density at radius 3 is 2.95 bits per heavy atom. The number of aryl methyl sites for hydroxylation is 1. The Kier molecular flexibility index (Phi) is 4.65. The van der Waals surface area contributed by atoms with Crippen LogP contribution in [0.1, 0.15) is 38.2 Å². The van der Waals surface area contributed by atoms with Crippen LogP contribution >= 0.6 is 0 Å². The predicted molar refractivity (Wildman–Crippen MR) is 80.9 cm³/mol. The number of rotatable bonds is 4. The molecule has 1 atom stereocenters. The van der Waals surface area contributed by atoms with E-state index in [0.29, 0.717) is 5.69 Å². The van der Waals surface area contributed by atoms with Crippen LogP contribution in [0.25, 0.3) is 0 Å². The number of carbonyl (C=O) groups excluding carboxylic acids is 1. The Hall–Kier alpha value is -1.55. The second-order valence-electron chi connectivity index (χ2n) is 5.74. The smallest absolute Gasteiger partial charge is 0.231 e. The van der Waals surface area contributed by atoms with Crippen molar-refractivity contribution in [1.29, 1.82) is 0 Å². The van der Waals surface area contributed by atoms with Crippen LogP contribution in [0.2, 0.25) is 0 Å². The first-order valence-corrected chi connectivity index (χ1v) is 7.40. The van der Waals surface area contributed by atoms with Crippen molar-refractivity contribution in [2.24, 2.45) is 5.41 Å². The molecule has 1 aromatic carbocycles. The number of para-hydroxylation sites is 1. The number of piperidine rings is 1. The Morgan fingerprint density at radius 1 is 1.50 bits per heavy atom. The largest absolute Gasteiger partial charge is 0.505 e. The number of phenolic OH excluding ortho intramolecular Hbond substituents is 1. The van der Waals surface area contributed by atoms with Crippen molar-refractivity contribution in [2.75, 3.05) is 18.4 Å². The molecular weight excluding hydrogens is 252 g/mol. The third-order valence-corrected chi connectivity index (χ3v) is 4.17. The van der Waals surface area contributed by atoms with Crippen molar-refractivity contribution in [3.63, 3.8) is 0 Å². The lowest BCUT2D eigenvalue weighted by Gasteiger charge is -2.36. The summed E-state index contributed by atoms with van der Waals surface area (Å²) in [6, 6.07) is 5.42. The molecule has 0 aromatic heterocycles. The quantitative estimate of drug-likeness (QED) is 0.741. The van der Waals surface area contributed by atoms with Gasteiger partial charge in [-0.1, -0.05) is 25.5 Å². The monoisotopic (exact) mass is 276 g/mol. The molecule has 1 aliphatic rings. The first kappa shape index (κ1) is 14.9. The van der Waals surface area contributed by atoms with E-state index >= 15 is 0 Å². The minimum absolute atomic E-state index is 0.0208. The summed E-state index contributed by atoms with van der Waals surface area (Å²) in [4.78, 5) is 12.7. The van der Waals surface area contributed by atoms with Crippen molar-refractivity contribution in [1.82, 2.24) is 5.32 Å². The van der Waals surface area contributed by atoms with Gasteiger partial charge in [-0.2, -0.15) is 0 Å². The highest BCUT2D eigenvalue weighted by Crippen LogP contribution is 2.35. The summed E-state index contributed by atoms with van der Waals surface area (Å²) in [6.45, 7) is 5.64. The molecule has 1 fully saturated rings. The molecule has 0 radical (unpaired) electrons. The molecule has 0 bridgehead atoms. The van der Waals surface area contributed by atoms with Crippen molar-refractivity contribution in [3.05, 3.63) is 23.8 Å². The standard InChI is InChI=1S/C16H24N2O2/c1-3-8-16(9-5-10-17-11-16)15(20)18-13-7-4-6-12(2)14(13)19/h4,6-7,17,19H,3,5,8-11H2,1-2H3,(H,18,20). The number of nitrogens with one attached hydrogen (secondary N) is 2. The van der Waals surface area contributed by atoms with Gasteiger partial charge in [-0.15, -0.1) is 0 Å². The molecule has 20 heavy (non-hydrogen) atoms. The number of hydrogen-bond donors (Lipinski definition) is 3. The summed E-state index contributed by atoms with van der Waals surface area (Å²) >= 11 is 0. The fourth-order valence-electron chi connectivity index (χ4n) is 2.98. The highest BCUT2D eigenvalue weighted by molar-refractivity contribution is 5.97. The van der Waals surface area contributed by atoms with Crippen molar-refractivity contribution in [2.45, 2.75) is 39.5 Å². The molecule has 1 unspecified atom stereocenters. The molecule has 1 aromatic rings. The minimum atomic E-state index is -0.344. The molecule has 2 rings (SSSR count). The lowest BCUT2D eigenvalue weighted by Crippen LogP contribution is -2.48. The first-order valence-electron chi connectivity index (χ1n) is 7.40. The molecule has 1 aliphatic heterocycles. The van der Waals surface area contributed by atoms with Crippen LogP contribution in [-0.2, 0) is 4.79 Å². The Bertz CT molecular complexity index is 474. The van der Waals surface area contributed by atoms with E-state index in [9.17, 15) is 9.90 Å². The summed E-state index contributed by atoms with van der Waals surface area (Å²) < 4.78 is 0. The number of phenols is 1. The van der Waals surface area contributed by atoms with Gasteiger partial charge in [0.2, 0.25) is 5.91 Å². The lowest BCUT2D eigenvalue weighted by atomic mass is 9.76. The second kappa shape index (κ2) is 6.27. The molecule has 0 spiro atoms. The Balaban J connectivity index is 2.18. The molecular formula is C16H24N2O2. The normalized spacial score (nSPS) is 22.5. The number of anilines is 1. The van der Waals surface area contributed by atoms with E-state index in [2.05, 4.69) is 17.6 Å². The number of aromatic hydroxyl groups is 1. The maximum Gasteiger partial charge on any atom is 0.231 e. The van der Waals surface area contributed by atoms with Gasteiger partial charge in [-0.3, -0.25) is 4.79 Å². The third-order valence-electron chi connectivity index (χ3n) is 4.17. The van der Waals surface area contributed by atoms with Gasteiger partial charge in [-0.25, -0.2) is 0 Å². The zero-order valence-electron chi connectivity index (χ0n) is 12.3. The van der Waals surface area contributed by atoms with Gasteiger partial charge < -0.3 is 15.7 Å². The van der Waals surface area contributed by atoms with E-state index < -0.39 is 0 Å². The summed E-state index contributed by atoms with van der Waals surface area (Å²) in [5, 5.41) is 16.3. The van der Waals surface area contributed by atoms with Crippen LogP contribution in [0.3, 0.4) is 0 Å². The van der Waals surface area contributed by atoms with E-state index in [4.69, 9.17) is 0 Å². The summed E-state index contributed by atoms with van der Waals surface area (Å²) in [5.41, 5.74) is 0.938. The van der Waals surface area contributed by atoms with Gasteiger partial charge in [0.25, 0.3) is 0 Å². The average Bonchev–Trinajstić information content (AvgIpc) is 2.45. The fourth-order valence-corrected chi connectivity index (χ4v) is 2.98. The fraction of sp³-hybridized carbons (Fsp3) is 0.562. The van der Waals surface area contributed by atoms with Crippen LogP contribution in [0.15, 0.2) is 18.2 Å². The maximum atomic E-state index is 12.7. The number of hydrogen-bond acceptors (Lipinski definition) is 3. The highest BCUT2D eigenvalue weighted by Gasteiger charge is 2.38. The van der Waals surface area contributed by atoms with Gasteiger partial charge in [-0.05, 0) is 44.4 Å². The molecule has 0 saturated carbocycles. The summed E-state index contributed by atoms with van der Waals surface area (Å²) in [6.07, 6.45) is 3.78. The zero-order chi connectivity index (χ0) is 14.6. The first-order chi connectivity index (χ1) is 9.59. The van der Waals surface area contributed by atoms with Gasteiger partial charge >= 0.3 is 0 Å². The van der Waals surface area contributed by atoms with Crippen molar-refractivity contribution in [3.8, 4) is 5.75 Å². The van der Waals surface area contributed by atoms with Crippen molar-refractivity contribution < 1.29 is 9.90 Å². The number of amides is 1. The van der Waals surface area contributed by atoms with Gasteiger partial charge in [0, 0.05) is 6.54 Å². The minimum Gasteiger partial charge on any atom is -0.505 e. The topological polar surface area (TPSA) is 61.4 Å². The molecule has 4 heteroatoms. The maximum absolute atomic E-state index is 12.7. The van der Waals surface area contributed by atoms with E-state index in [0.717, 1.165) is 44.3 Å². The molecule has 4 nitrogen and oxygen atoms in total. The van der Waals surface area contributed by atoms with Crippen LogP contribution in [0.5, 0.6) is 5.75 Å². The molecule has 1 heterocycles. The van der Waals surface area contributed by atoms with E-state index in [1.807, 2.05) is 19.1 Å². The van der Waals surface area contributed by atoms with E-state index in [1.165, 1.54) is 0 Å². The van der Waals surface area contributed by atoms with E-state index in [-0.39, 0.29) is 17.1 Å². The molecule has 0 aliphatic carbocycles.